The fourth-order valence-corrected chi connectivity index (χ4v) is 0.410. The number of nitrogens with one attached hydrogen (secondary N) is 1. The molecular weight excluding hydrogens is 132 g/mol. The van der Waals surface area contributed by atoms with Crippen molar-refractivity contribution in [2.75, 3.05) is 0 Å². The van der Waals surface area contributed by atoms with Crippen LogP contribution in [0.25, 0.3) is 0 Å². The van der Waals surface area contributed by atoms with E-state index >= 15 is 0 Å². The SMILES string of the molecule is CC(C)(CC#N)ONC=O. The zero-order valence-corrected chi connectivity index (χ0v) is 6.05. The predicted octanol–water partition coefficient (Wildman–Crippen LogP) is 0.356. The Labute approximate surface area is 59.7 Å². The summed E-state index contributed by atoms with van der Waals surface area (Å²) in [6.45, 7) is 3.43. The minimum absolute atomic E-state index is 0.244. The first kappa shape index (κ1) is 8.92. The van der Waals surface area contributed by atoms with Gasteiger partial charge in [-0.2, -0.15) is 5.26 Å². The summed E-state index contributed by atoms with van der Waals surface area (Å²) in [5.74, 6) is 0. The van der Waals surface area contributed by atoms with Gasteiger partial charge in [0.05, 0.1) is 12.5 Å². The van der Waals surface area contributed by atoms with Gasteiger partial charge >= 0.3 is 0 Å². The van der Waals surface area contributed by atoms with E-state index in [1.54, 1.807) is 13.8 Å². The molecule has 0 aromatic heterocycles. The second-order valence-corrected chi connectivity index (χ2v) is 2.43. The second-order valence-electron chi connectivity index (χ2n) is 2.43. The predicted molar refractivity (Wildman–Crippen MR) is 34.6 cm³/mol. The van der Waals surface area contributed by atoms with Crippen LogP contribution in [-0.2, 0) is 9.63 Å². The van der Waals surface area contributed by atoms with Gasteiger partial charge in [0.15, 0.2) is 0 Å². The van der Waals surface area contributed by atoms with Gasteiger partial charge in [-0.1, -0.05) is 0 Å². The molecule has 1 N–H and O–H groups in total. The van der Waals surface area contributed by atoms with Crippen molar-refractivity contribution in [1.29, 1.82) is 5.26 Å². The summed E-state index contributed by atoms with van der Waals surface area (Å²) in [5, 5.41) is 8.26. The molecule has 0 aliphatic rings. The molecule has 0 bridgehead atoms. The van der Waals surface area contributed by atoms with Gasteiger partial charge in [0.1, 0.15) is 5.60 Å². The number of rotatable bonds is 4. The average Bonchev–Trinajstić information content (AvgIpc) is 1.84. The lowest BCUT2D eigenvalue weighted by Crippen LogP contribution is -2.31. The number of carbonyl (C=O) groups is 1. The van der Waals surface area contributed by atoms with Crippen LogP contribution in [0.4, 0.5) is 0 Å². The molecule has 0 radical (unpaired) electrons. The highest BCUT2D eigenvalue weighted by atomic mass is 16.7. The van der Waals surface area contributed by atoms with Crippen LogP contribution in [0.15, 0.2) is 0 Å². The zero-order chi connectivity index (χ0) is 8.04. The average molecular weight is 142 g/mol. The fraction of sp³-hybridized carbons (Fsp3) is 0.667. The molecule has 0 heterocycles. The van der Waals surface area contributed by atoms with Gasteiger partial charge in [-0.3, -0.25) is 9.63 Å². The molecule has 56 valence electrons. The first-order chi connectivity index (χ1) is 4.62. The van der Waals surface area contributed by atoms with Crippen LogP contribution in [-0.4, -0.2) is 12.0 Å². The summed E-state index contributed by atoms with van der Waals surface area (Å²) in [6.07, 6.45) is 0.674. The van der Waals surface area contributed by atoms with Crippen LogP contribution in [0.2, 0.25) is 0 Å². The summed E-state index contributed by atoms with van der Waals surface area (Å²) in [7, 11) is 0. The number of carbonyl (C=O) groups excluding carboxylic acids is 1. The maximum Gasteiger partial charge on any atom is 0.230 e. The zero-order valence-electron chi connectivity index (χ0n) is 6.05. The Morgan fingerprint density at radius 3 is 2.80 bits per heavy atom. The van der Waals surface area contributed by atoms with Crippen LogP contribution in [0.5, 0.6) is 0 Å². The molecule has 4 nitrogen and oxygen atoms in total. The number of nitriles is 1. The van der Waals surface area contributed by atoms with Gasteiger partial charge in [0.25, 0.3) is 0 Å². The van der Waals surface area contributed by atoms with E-state index in [9.17, 15) is 4.79 Å². The summed E-state index contributed by atoms with van der Waals surface area (Å²) < 4.78 is 0. The topological polar surface area (TPSA) is 62.1 Å². The molecule has 0 saturated carbocycles. The smallest absolute Gasteiger partial charge is 0.230 e. The first-order valence-corrected chi connectivity index (χ1v) is 2.86. The lowest BCUT2D eigenvalue weighted by Gasteiger charge is -2.19. The van der Waals surface area contributed by atoms with Gasteiger partial charge in [-0.05, 0) is 13.8 Å². The molecule has 0 saturated heterocycles. The molecule has 0 unspecified atom stereocenters. The Morgan fingerprint density at radius 2 is 2.40 bits per heavy atom. The van der Waals surface area contributed by atoms with Gasteiger partial charge in [-0.25, -0.2) is 5.48 Å². The van der Waals surface area contributed by atoms with Crippen LogP contribution in [0.1, 0.15) is 20.3 Å². The molecule has 0 rings (SSSR count). The number of amides is 1. The molecule has 0 aliphatic heterocycles. The summed E-state index contributed by atoms with van der Waals surface area (Å²) >= 11 is 0. The molecule has 0 aromatic rings. The van der Waals surface area contributed by atoms with E-state index in [2.05, 4.69) is 0 Å². The first-order valence-electron chi connectivity index (χ1n) is 2.86. The highest BCUT2D eigenvalue weighted by Crippen LogP contribution is 2.10. The normalized spacial score (nSPS) is 10.1. The lowest BCUT2D eigenvalue weighted by molar-refractivity contribution is -0.134. The summed E-state index contributed by atoms with van der Waals surface area (Å²) in [4.78, 5) is 14.5. The van der Waals surface area contributed by atoms with Crippen molar-refractivity contribution in [3.05, 3.63) is 0 Å². The monoisotopic (exact) mass is 142 g/mol. The molecule has 1 amide bonds. The van der Waals surface area contributed by atoms with Crippen molar-refractivity contribution in [2.45, 2.75) is 25.9 Å². The highest BCUT2D eigenvalue weighted by molar-refractivity contribution is 5.43. The van der Waals surface area contributed by atoms with Crippen molar-refractivity contribution in [3.63, 3.8) is 0 Å². The summed E-state index contributed by atoms with van der Waals surface area (Å²) in [6, 6.07) is 1.94. The van der Waals surface area contributed by atoms with Gasteiger partial charge in [-0.15, -0.1) is 0 Å². The lowest BCUT2D eigenvalue weighted by atomic mass is 10.1. The maximum atomic E-state index is 9.74. The minimum atomic E-state index is -0.602. The third-order valence-corrected chi connectivity index (χ3v) is 0.888. The number of nitrogens with zero attached hydrogens (tertiary/aromatic N) is 1. The van der Waals surface area contributed by atoms with Crippen LogP contribution < -0.4 is 5.48 Å². The highest BCUT2D eigenvalue weighted by Gasteiger charge is 2.17. The van der Waals surface area contributed by atoms with Crippen molar-refractivity contribution in [2.24, 2.45) is 0 Å². The Morgan fingerprint density at radius 1 is 1.80 bits per heavy atom. The summed E-state index contributed by atoms with van der Waals surface area (Å²) in [5.41, 5.74) is 1.44. The second kappa shape index (κ2) is 3.85. The molecule has 0 fully saturated rings. The fourth-order valence-electron chi connectivity index (χ4n) is 0.410. The van der Waals surface area contributed by atoms with Crippen LogP contribution >= 0.6 is 0 Å². The number of hydrogen-bond acceptors (Lipinski definition) is 3. The largest absolute Gasteiger partial charge is 0.277 e. The van der Waals surface area contributed by atoms with E-state index < -0.39 is 5.60 Å². The van der Waals surface area contributed by atoms with Gasteiger partial charge in [0, 0.05) is 0 Å². The molecule has 0 spiro atoms. The third-order valence-electron chi connectivity index (χ3n) is 0.888. The van der Waals surface area contributed by atoms with Gasteiger partial charge < -0.3 is 0 Å². The molecule has 0 atom stereocenters. The number of hydrogen-bond donors (Lipinski definition) is 1. The Kier molecular flexibility index (Phi) is 3.44. The molecule has 0 aromatic carbocycles. The van der Waals surface area contributed by atoms with Gasteiger partial charge in [0.2, 0.25) is 6.41 Å². The maximum absolute atomic E-state index is 9.74. The van der Waals surface area contributed by atoms with E-state index in [0.717, 1.165) is 0 Å². The molecular formula is C6H10N2O2. The Bertz CT molecular complexity index is 148. The van der Waals surface area contributed by atoms with E-state index in [4.69, 9.17) is 10.1 Å². The van der Waals surface area contributed by atoms with Crippen molar-refractivity contribution in [3.8, 4) is 6.07 Å². The quantitative estimate of drug-likeness (QED) is 0.455. The number of hydroxylamine groups is 1. The standard InChI is InChI=1S/C6H10N2O2/c1-6(2,3-4-7)10-8-5-9/h5H,3H2,1-2H3,(H,8,9). The van der Waals surface area contributed by atoms with E-state index in [1.807, 2.05) is 11.5 Å². The van der Waals surface area contributed by atoms with Crippen LogP contribution in [0, 0.1) is 11.3 Å². The van der Waals surface area contributed by atoms with Crippen molar-refractivity contribution >= 4 is 6.41 Å². The Hall–Kier alpha value is -1.08. The van der Waals surface area contributed by atoms with E-state index in [-0.39, 0.29) is 6.42 Å². The van der Waals surface area contributed by atoms with Crippen LogP contribution in [0.3, 0.4) is 0 Å². The molecule has 10 heavy (non-hydrogen) atoms. The minimum Gasteiger partial charge on any atom is -0.277 e. The molecule has 4 heteroatoms. The van der Waals surface area contributed by atoms with E-state index in [1.165, 1.54) is 0 Å². The Balaban J connectivity index is 3.64. The third kappa shape index (κ3) is 3.87. The van der Waals surface area contributed by atoms with E-state index in [0.29, 0.717) is 6.41 Å². The molecule has 0 aliphatic carbocycles. The van der Waals surface area contributed by atoms with Crippen molar-refractivity contribution in [1.82, 2.24) is 5.48 Å². The van der Waals surface area contributed by atoms with Crippen molar-refractivity contribution < 1.29 is 9.63 Å².